The lowest BCUT2D eigenvalue weighted by molar-refractivity contribution is 0.0950. The Balaban J connectivity index is 1.98. The van der Waals surface area contributed by atoms with Gasteiger partial charge >= 0.3 is 0 Å². The molecule has 0 atom stereocenters. The lowest BCUT2D eigenvalue weighted by Crippen LogP contribution is -2.19. The summed E-state index contributed by atoms with van der Waals surface area (Å²) in [7, 11) is 0. The van der Waals surface area contributed by atoms with Crippen LogP contribution in [0.5, 0.6) is 0 Å². The molecule has 2 aromatic rings. The van der Waals surface area contributed by atoms with Gasteiger partial charge in [-0.2, -0.15) is 5.10 Å². The molecule has 0 spiro atoms. The molecule has 0 saturated carbocycles. The monoisotopic (exact) mass is 304 g/mol. The molecular weight excluding hydrogens is 296 g/mol. The minimum atomic E-state index is -0.394. The topological polar surface area (TPSA) is 67.2 Å². The minimum absolute atomic E-state index is 0.226. The number of benzene rings is 1. The molecule has 0 radical (unpaired) electrons. The maximum Gasteiger partial charge on any atom is 0.291 e. The number of rotatable bonds is 3. The van der Waals surface area contributed by atoms with Crippen molar-refractivity contribution in [2.24, 2.45) is 5.10 Å². The van der Waals surface area contributed by atoms with Crippen molar-refractivity contribution in [1.82, 2.24) is 15.4 Å². The highest BCUT2D eigenvalue weighted by atomic mass is 79.9. The summed E-state index contributed by atoms with van der Waals surface area (Å²) in [6.07, 6.45) is 5.89. The first-order chi connectivity index (χ1) is 8.75. The molecule has 5 nitrogen and oxygen atoms in total. The summed E-state index contributed by atoms with van der Waals surface area (Å²) >= 11 is 3.35. The summed E-state index contributed by atoms with van der Waals surface area (Å²) in [5.41, 5.74) is 3.48. The predicted octanol–water partition coefficient (Wildman–Crippen LogP) is 2.00. The van der Waals surface area contributed by atoms with Crippen molar-refractivity contribution in [3.63, 3.8) is 0 Å². The van der Waals surface area contributed by atoms with E-state index in [1.165, 1.54) is 18.6 Å². The minimum Gasteiger partial charge on any atom is -0.265 e. The van der Waals surface area contributed by atoms with Crippen LogP contribution in [0.4, 0.5) is 0 Å². The van der Waals surface area contributed by atoms with Crippen LogP contribution in [0.3, 0.4) is 0 Å². The van der Waals surface area contributed by atoms with Gasteiger partial charge in [-0.15, -0.1) is 0 Å². The Morgan fingerprint density at radius 2 is 2.28 bits per heavy atom. The summed E-state index contributed by atoms with van der Waals surface area (Å²) in [6.45, 7) is 0. The maximum absolute atomic E-state index is 11.6. The Bertz CT molecular complexity index is 571. The molecule has 1 heterocycles. The van der Waals surface area contributed by atoms with Gasteiger partial charge < -0.3 is 0 Å². The number of hydrazone groups is 1. The van der Waals surface area contributed by atoms with E-state index in [1.54, 1.807) is 6.21 Å². The van der Waals surface area contributed by atoms with E-state index in [-0.39, 0.29) is 5.69 Å². The summed E-state index contributed by atoms with van der Waals surface area (Å²) < 4.78 is 0.951. The van der Waals surface area contributed by atoms with E-state index in [0.717, 1.165) is 10.0 Å². The molecule has 0 bridgehead atoms. The quantitative estimate of drug-likeness (QED) is 0.696. The van der Waals surface area contributed by atoms with E-state index in [2.05, 4.69) is 36.4 Å². The third-order valence-electron chi connectivity index (χ3n) is 2.02. The molecule has 0 aliphatic carbocycles. The zero-order chi connectivity index (χ0) is 12.8. The number of amides is 1. The van der Waals surface area contributed by atoms with E-state index in [4.69, 9.17) is 0 Å². The second kappa shape index (κ2) is 6.02. The van der Waals surface area contributed by atoms with Crippen LogP contribution >= 0.6 is 15.9 Å². The number of nitrogens with one attached hydrogen (secondary N) is 1. The molecule has 90 valence electrons. The van der Waals surface area contributed by atoms with Crippen molar-refractivity contribution in [1.29, 1.82) is 0 Å². The van der Waals surface area contributed by atoms with Gasteiger partial charge in [-0.25, -0.2) is 10.4 Å². The number of halogens is 1. The lowest BCUT2D eigenvalue weighted by atomic mass is 10.2. The van der Waals surface area contributed by atoms with Gasteiger partial charge in [0.2, 0.25) is 0 Å². The van der Waals surface area contributed by atoms with Crippen LogP contribution < -0.4 is 5.43 Å². The van der Waals surface area contributed by atoms with E-state index < -0.39 is 5.91 Å². The van der Waals surface area contributed by atoms with Gasteiger partial charge in [-0.3, -0.25) is 9.78 Å². The normalized spacial score (nSPS) is 10.5. The fraction of sp³-hybridized carbons (Fsp3) is 0. The number of aromatic nitrogens is 2. The smallest absolute Gasteiger partial charge is 0.265 e. The summed E-state index contributed by atoms with van der Waals surface area (Å²) in [6, 6.07) is 7.56. The molecule has 0 aliphatic heterocycles. The first kappa shape index (κ1) is 12.4. The zero-order valence-electron chi connectivity index (χ0n) is 9.25. The molecular formula is C12H9BrN4O. The van der Waals surface area contributed by atoms with Crippen molar-refractivity contribution in [2.75, 3.05) is 0 Å². The SMILES string of the molecule is O=C(NN=Cc1cccc(Br)c1)c1cnccn1. The van der Waals surface area contributed by atoms with Crippen LogP contribution in [-0.2, 0) is 0 Å². The van der Waals surface area contributed by atoms with Crippen molar-refractivity contribution in [3.05, 3.63) is 58.6 Å². The van der Waals surface area contributed by atoms with Gasteiger partial charge in [0.25, 0.3) is 5.91 Å². The summed E-state index contributed by atoms with van der Waals surface area (Å²) in [5, 5.41) is 3.85. The number of hydrogen-bond acceptors (Lipinski definition) is 4. The lowest BCUT2D eigenvalue weighted by Gasteiger charge is -1.97. The summed E-state index contributed by atoms with van der Waals surface area (Å²) in [5.74, 6) is -0.394. The Morgan fingerprint density at radius 3 is 3.00 bits per heavy atom. The molecule has 0 fully saturated rings. The third kappa shape index (κ3) is 3.46. The molecule has 1 aromatic carbocycles. The van der Waals surface area contributed by atoms with Gasteiger partial charge in [-0.05, 0) is 17.7 Å². The fourth-order valence-electron chi connectivity index (χ4n) is 1.23. The van der Waals surface area contributed by atoms with Crippen LogP contribution in [0.25, 0.3) is 0 Å². The Hall–Kier alpha value is -2.08. The molecule has 18 heavy (non-hydrogen) atoms. The van der Waals surface area contributed by atoms with Gasteiger partial charge in [0, 0.05) is 16.9 Å². The van der Waals surface area contributed by atoms with E-state index in [9.17, 15) is 4.79 Å². The van der Waals surface area contributed by atoms with Crippen molar-refractivity contribution < 1.29 is 4.79 Å². The van der Waals surface area contributed by atoms with Gasteiger partial charge in [0.05, 0.1) is 12.4 Å². The van der Waals surface area contributed by atoms with Gasteiger partial charge in [0.1, 0.15) is 5.69 Å². The summed E-state index contributed by atoms with van der Waals surface area (Å²) in [4.78, 5) is 19.2. The average molecular weight is 305 g/mol. The van der Waals surface area contributed by atoms with Crippen LogP contribution in [0.1, 0.15) is 16.1 Å². The first-order valence-electron chi connectivity index (χ1n) is 5.11. The molecule has 6 heteroatoms. The molecule has 0 aliphatic rings. The Morgan fingerprint density at radius 1 is 1.39 bits per heavy atom. The second-order valence-corrected chi connectivity index (χ2v) is 4.26. The second-order valence-electron chi connectivity index (χ2n) is 3.34. The van der Waals surface area contributed by atoms with Gasteiger partial charge in [0.15, 0.2) is 0 Å². The first-order valence-corrected chi connectivity index (χ1v) is 5.90. The third-order valence-corrected chi connectivity index (χ3v) is 2.52. The van der Waals surface area contributed by atoms with Crippen molar-refractivity contribution >= 4 is 28.1 Å². The average Bonchev–Trinajstić information content (AvgIpc) is 2.40. The van der Waals surface area contributed by atoms with Crippen molar-refractivity contribution in [2.45, 2.75) is 0 Å². The van der Waals surface area contributed by atoms with E-state index in [1.807, 2.05) is 24.3 Å². The molecule has 1 N–H and O–H groups in total. The highest BCUT2D eigenvalue weighted by Gasteiger charge is 2.04. The van der Waals surface area contributed by atoms with Crippen LogP contribution in [0.2, 0.25) is 0 Å². The number of nitrogens with zero attached hydrogens (tertiary/aromatic N) is 3. The zero-order valence-corrected chi connectivity index (χ0v) is 10.8. The molecule has 1 amide bonds. The number of carbonyl (C=O) groups excluding carboxylic acids is 1. The highest BCUT2D eigenvalue weighted by Crippen LogP contribution is 2.09. The highest BCUT2D eigenvalue weighted by molar-refractivity contribution is 9.10. The van der Waals surface area contributed by atoms with Crippen LogP contribution in [0, 0.1) is 0 Å². The number of carbonyl (C=O) groups is 1. The largest absolute Gasteiger partial charge is 0.291 e. The van der Waals surface area contributed by atoms with Crippen LogP contribution in [0.15, 0.2) is 52.4 Å². The Labute approximate surface area is 112 Å². The van der Waals surface area contributed by atoms with E-state index >= 15 is 0 Å². The maximum atomic E-state index is 11.6. The van der Waals surface area contributed by atoms with E-state index in [0.29, 0.717) is 0 Å². The Kier molecular flexibility index (Phi) is 4.14. The molecule has 0 saturated heterocycles. The van der Waals surface area contributed by atoms with Gasteiger partial charge in [-0.1, -0.05) is 28.1 Å². The predicted molar refractivity (Wildman–Crippen MR) is 71.2 cm³/mol. The molecule has 1 aromatic heterocycles. The van der Waals surface area contributed by atoms with Crippen LogP contribution in [-0.4, -0.2) is 22.1 Å². The molecule has 0 unspecified atom stereocenters. The number of hydrogen-bond donors (Lipinski definition) is 1. The fourth-order valence-corrected chi connectivity index (χ4v) is 1.64. The standard InChI is InChI=1S/C12H9BrN4O/c13-10-3-1-2-9(6-10)7-16-17-12(18)11-8-14-4-5-15-11/h1-8H,(H,17,18). The van der Waals surface area contributed by atoms with Crippen molar-refractivity contribution in [3.8, 4) is 0 Å². The molecule has 2 rings (SSSR count).